The summed E-state index contributed by atoms with van der Waals surface area (Å²) in [4.78, 5) is 7.63. The van der Waals surface area contributed by atoms with E-state index in [-0.39, 0.29) is 33.8 Å². The second-order valence-electron chi connectivity index (χ2n) is 25.2. The number of para-hydroxylation sites is 2. The van der Waals surface area contributed by atoms with Gasteiger partial charge in [0.05, 0.1) is 0 Å². The monoisotopic (exact) mass is 928 g/mol. The van der Waals surface area contributed by atoms with Crippen LogP contribution in [0.1, 0.15) is 130 Å². The summed E-state index contributed by atoms with van der Waals surface area (Å²) in [5, 5.41) is 0. The van der Waals surface area contributed by atoms with Gasteiger partial charge in [-0.3, -0.25) is 0 Å². The van der Waals surface area contributed by atoms with Gasteiger partial charge in [-0.1, -0.05) is 188 Å². The normalized spacial score (nSPS) is 14.6. The van der Waals surface area contributed by atoms with Gasteiger partial charge in [0.25, 0.3) is 6.71 Å². The fraction of sp³-hybridized carbons (Fsp3) is 0.284. The molecule has 3 nitrogen and oxygen atoms in total. The lowest BCUT2D eigenvalue weighted by Gasteiger charge is -2.46. The van der Waals surface area contributed by atoms with Gasteiger partial charge in [0, 0.05) is 56.6 Å². The van der Waals surface area contributed by atoms with Gasteiger partial charge in [-0.05, 0) is 161 Å². The summed E-state index contributed by atoms with van der Waals surface area (Å²) in [6.45, 7) is 32.9. The van der Waals surface area contributed by atoms with Crippen LogP contribution in [-0.4, -0.2) is 6.71 Å². The Morgan fingerprint density at radius 2 is 0.845 bits per heavy atom. The van der Waals surface area contributed by atoms with Gasteiger partial charge >= 0.3 is 0 Å². The van der Waals surface area contributed by atoms with E-state index >= 15 is 0 Å². The Balaban J connectivity index is 1.23. The maximum Gasteiger partial charge on any atom is 0.252 e. The third kappa shape index (κ3) is 7.72. The first kappa shape index (κ1) is 46.6. The maximum absolute atomic E-state index is 2.64. The molecule has 0 fully saturated rings. The molecular formula is C67H70BN3. The lowest BCUT2D eigenvalue weighted by molar-refractivity contribution is 0.584. The molecule has 4 heteroatoms. The van der Waals surface area contributed by atoms with Crippen molar-refractivity contribution in [3.05, 3.63) is 203 Å². The summed E-state index contributed by atoms with van der Waals surface area (Å²) < 4.78 is 0. The molecule has 3 aliphatic rings. The van der Waals surface area contributed by atoms with E-state index in [1.807, 2.05) is 0 Å². The Bertz CT molecular complexity index is 3330. The summed E-state index contributed by atoms with van der Waals surface area (Å²) in [6, 6.07) is 65.3. The van der Waals surface area contributed by atoms with E-state index < -0.39 is 0 Å². The second kappa shape index (κ2) is 16.1. The number of rotatable bonds is 5. The molecule has 0 atom stereocenters. The lowest BCUT2D eigenvalue weighted by Crippen LogP contribution is -2.61. The average molecular weight is 928 g/mol. The number of hydrogen-bond acceptors (Lipinski definition) is 3. The van der Waals surface area contributed by atoms with Crippen LogP contribution in [0, 0.1) is 0 Å². The molecule has 2 heterocycles. The van der Waals surface area contributed by atoms with Gasteiger partial charge in [0.1, 0.15) is 0 Å². The number of benzene rings is 8. The zero-order valence-corrected chi connectivity index (χ0v) is 44.6. The van der Waals surface area contributed by atoms with Crippen LogP contribution in [0.15, 0.2) is 170 Å². The summed E-state index contributed by atoms with van der Waals surface area (Å²) >= 11 is 0. The molecule has 0 amide bonds. The predicted octanol–water partition coefficient (Wildman–Crippen LogP) is 16.7. The molecule has 11 rings (SSSR count). The minimum Gasteiger partial charge on any atom is -0.311 e. The van der Waals surface area contributed by atoms with Gasteiger partial charge in [-0.2, -0.15) is 0 Å². The zero-order valence-electron chi connectivity index (χ0n) is 44.6. The number of nitrogens with zero attached hydrogens (tertiary/aromatic N) is 3. The molecule has 0 radical (unpaired) electrons. The maximum atomic E-state index is 2.64. The van der Waals surface area contributed by atoms with Crippen molar-refractivity contribution in [1.29, 1.82) is 0 Å². The lowest BCUT2D eigenvalue weighted by atomic mass is 9.33. The first-order chi connectivity index (χ1) is 33.5. The van der Waals surface area contributed by atoms with Gasteiger partial charge in [-0.25, -0.2) is 0 Å². The molecule has 1 aliphatic carbocycles. The van der Waals surface area contributed by atoms with Crippen LogP contribution in [0.2, 0.25) is 0 Å². The molecule has 0 N–H and O–H groups in total. The Morgan fingerprint density at radius 1 is 0.366 bits per heavy atom. The SMILES string of the molecule is CC(C)(C)c1ccc(N2c3ccc(C(C)(C)C)cc3B3c4ccc(N(c5ccccc5)c5ccccc5)cc4N(c4ccc5c(c4)C(C)(C)c4cc(C(C)(C)C)ccc4-5)c4cc(C(C)(C)C)cc2c43)cc1. The molecule has 356 valence electrons. The molecule has 0 aromatic heterocycles. The smallest absolute Gasteiger partial charge is 0.252 e. The van der Waals surface area contributed by atoms with Crippen LogP contribution in [-0.2, 0) is 27.1 Å². The summed E-state index contributed by atoms with van der Waals surface area (Å²) in [6.07, 6.45) is 0. The molecule has 0 bridgehead atoms. The van der Waals surface area contributed by atoms with E-state index in [4.69, 9.17) is 0 Å². The Hall–Kier alpha value is -6.78. The number of fused-ring (bicyclic) bond motifs is 7. The Kier molecular flexibility index (Phi) is 10.6. The Morgan fingerprint density at radius 3 is 1.41 bits per heavy atom. The van der Waals surface area contributed by atoms with Crippen LogP contribution < -0.4 is 31.1 Å². The molecule has 8 aromatic carbocycles. The van der Waals surface area contributed by atoms with E-state index in [9.17, 15) is 0 Å². The average Bonchev–Trinajstić information content (AvgIpc) is 3.55. The zero-order chi connectivity index (χ0) is 50.2. The van der Waals surface area contributed by atoms with Crippen molar-refractivity contribution in [3.63, 3.8) is 0 Å². The van der Waals surface area contributed by atoms with E-state index in [2.05, 4.69) is 281 Å². The van der Waals surface area contributed by atoms with E-state index in [1.165, 1.54) is 95.0 Å². The van der Waals surface area contributed by atoms with Crippen LogP contribution >= 0.6 is 0 Å². The van der Waals surface area contributed by atoms with Crippen molar-refractivity contribution < 1.29 is 0 Å². The third-order valence-electron chi connectivity index (χ3n) is 15.8. The third-order valence-corrected chi connectivity index (χ3v) is 15.8. The topological polar surface area (TPSA) is 9.72 Å². The molecule has 8 aromatic rings. The van der Waals surface area contributed by atoms with Crippen molar-refractivity contribution in [1.82, 2.24) is 0 Å². The van der Waals surface area contributed by atoms with E-state index in [0.717, 1.165) is 17.1 Å². The van der Waals surface area contributed by atoms with Crippen LogP contribution in [0.3, 0.4) is 0 Å². The van der Waals surface area contributed by atoms with Crippen molar-refractivity contribution in [3.8, 4) is 11.1 Å². The molecule has 2 aliphatic heterocycles. The Labute approximate surface area is 425 Å². The van der Waals surface area contributed by atoms with Gasteiger partial charge < -0.3 is 14.7 Å². The molecule has 71 heavy (non-hydrogen) atoms. The fourth-order valence-corrected chi connectivity index (χ4v) is 11.6. The van der Waals surface area contributed by atoms with Crippen LogP contribution in [0.4, 0.5) is 51.2 Å². The highest BCUT2D eigenvalue weighted by atomic mass is 15.2. The number of hydrogen-bond donors (Lipinski definition) is 0. The first-order valence-electron chi connectivity index (χ1n) is 25.9. The van der Waals surface area contributed by atoms with Gasteiger partial charge in [0.2, 0.25) is 0 Å². The highest BCUT2D eigenvalue weighted by Gasteiger charge is 2.46. The molecule has 0 spiro atoms. The standard InChI is InChI=1S/C67H70BN3/c1-63(2,3)43-25-29-49(30-26-43)70-58-36-28-45(65(7,8)9)38-57(58)68-56-35-32-51(69(47-21-17-15-18-22-47)48-23-19-16-20-24-48)42-59(56)71(61-40-46(66(10,11)12)39-60(70)62(61)68)50-31-34-53-52-33-27-44(64(4,5)6)37-54(52)67(13,14)55(53)41-50/h15-42H,1-14H3. The highest BCUT2D eigenvalue weighted by molar-refractivity contribution is 7.00. The van der Waals surface area contributed by atoms with Crippen molar-refractivity contribution in [2.24, 2.45) is 0 Å². The summed E-state index contributed by atoms with van der Waals surface area (Å²) in [5.41, 5.74) is 25.1. The molecular weight excluding hydrogens is 858 g/mol. The van der Waals surface area contributed by atoms with Crippen molar-refractivity contribution >= 4 is 74.3 Å². The first-order valence-corrected chi connectivity index (χ1v) is 25.9. The van der Waals surface area contributed by atoms with Crippen LogP contribution in [0.25, 0.3) is 11.1 Å². The van der Waals surface area contributed by atoms with Crippen LogP contribution in [0.5, 0.6) is 0 Å². The quantitative estimate of drug-likeness (QED) is 0.159. The summed E-state index contributed by atoms with van der Waals surface area (Å²) in [5.74, 6) is 0. The minimum absolute atomic E-state index is 0.0236. The molecule has 0 unspecified atom stereocenters. The second-order valence-corrected chi connectivity index (χ2v) is 25.2. The molecule has 0 saturated carbocycles. The summed E-state index contributed by atoms with van der Waals surface area (Å²) in [7, 11) is 0. The van der Waals surface area contributed by atoms with Gasteiger partial charge in [0.15, 0.2) is 0 Å². The largest absolute Gasteiger partial charge is 0.311 e. The van der Waals surface area contributed by atoms with Crippen molar-refractivity contribution in [2.45, 2.75) is 124 Å². The number of anilines is 9. The predicted molar refractivity (Wildman–Crippen MR) is 308 cm³/mol. The van der Waals surface area contributed by atoms with E-state index in [0.29, 0.717) is 0 Å². The highest BCUT2D eigenvalue weighted by Crippen LogP contribution is 2.53. The van der Waals surface area contributed by atoms with E-state index in [1.54, 1.807) is 0 Å². The molecule has 0 saturated heterocycles. The minimum atomic E-state index is -0.201. The fourth-order valence-electron chi connectivity index (χ4n) is 11.6. The van der Waals surface area contributed by atoms with Crippen molar-refractivity contribution in [2.75, 3.05) is 14.7 Å². The van der Waals surface area contributed by atoms with Gasteiger partial charge in [-0.15, -0.1) is 0 Å².